The fourth-order valence-corrected chi connectivity index (χ4v) is 3.85. The van der Waals surface area contributed by atoms with Crippen molar-refractivity contribution in [1.29, 1.82) is 0 Å². The highest BCUT2D eigenvalue weighted by Crippen LogP contribution is 2.38. The molecule has 1 saturated heterocycles. The highest BCUT2D eigenvalue weighted by molar-refractivity contribution is 7.99. The molecule has 1 aliphatic rings. The van der Waals surface area contributed by atoms with Gasteiger partial charge >= 0.3 is 11.9 Å². The second kappa shape index (κ2) is 9.47. The summed E-state index contributed by atoms with van der Waals surface area (Å²) in [5, 5.41) is 3.84. The van der Waals surface area contributed by atoms with Gasteiger partial charge in [0.2, 0.25) is 0 Å². The second-order valence-corrected chi connectivity index (χ2v) is 7.08. The molecule has 2 unspecified atom stereocenters. The van der Waals surface area contributed by atoms with Crippen molar-refractivity contribution in [3.05, 3.63) is 40.8 Å². The van der Waals surface area contributed by atoms with Crippen LogP contribution in [0.4, 0.5) is 0 Å². The Labute approximate surface area is 155 Å². The highest BCUT2D eigenvalue weighted by atomic mass is 32.2. The van der Waals surface area contributed by atoms with E-state index in [1.807, 2.05) is 37.3 Å². The number of benzene rings is 1. The first kappa shape index (κ1) is 20.1. The third kappa shape index (κ3) is 5.39. The molecular weight excluding hydrogens is 358 g/mol. The van der Waals surface area contributed by atoms with E-state index in [0.29, 0.717) is 0 Å². The summed E-state index contributed by atoms with van der Waals surface area (Å²) in [5.74, 6) is -1.21. The predicted molar refractivity (Wildman–Crippen MR) is 95.2 cm³/mol. The average Bonchev–Trinajstić information content (AvgIpc) is 2.59. The summed E-state index contributed by atoms with van der Waals surface area (Å²) in [4.78, 5) is 26.5. The molecule has 9 heteroatoms. The molecular formula is C17H21N3O5S. The average molecular weight is 379 g/mol. The monoisotopic (exact) mass is 379 g/mol. The zero-order chi connectivity index (χ0) is 19.1. The summed E-state index contributed by atoms with van der Waals surface area (Å²) in [6.45, 7) is 4.46. The fraction of sp³-hybridized carbons (Fsp3) is 0.529. The third-order valence-corrected chi connectivity index (χ3v) is 5.13. The Morgan fingerprint density at radius 1 is 1.27 bits per heavy atom. The number of thioether (sulfide) groups is 1. The van der Waals surface area contributed by atoms with Crippen molar-refractivity contribution in [3.63, 3.8) is 0 Å². The number of nitrogens with zero attached hydrogens (tertiary/aromatic N) is 3. The number of rotatable bonds is 6. The van der Waals surface area contributed by atoms with E-state index >= 15 is 0 Å². The lowest BCUT2D eigenvalue weighted by Crippen LogP contribution is -2.54. The van der Waals surface area contributed by atoms with Crippen molar-refractivity contribution in [2.24, 2.45) is 11.0 Å². The smallest absolute Gasteiger partial charge is 0.303 e. The lowest BCUT2D eigenvalue weighted by Gasteiger charge is -2.43. The minimum atomic E-state index is -0.753. The molecule has 0 aliphatic carbocycles. The van der Waals surface area contributed by atoms with E-state index in [0.717, 1.165) is 4.90 Å². The van der Waals surface area contributed by atoms with Crippen LogP contribution in [0.3, 0.4) is 0 Å². The summed E-state index contributed by atoms with van der Waals surface area (Å²) >= 11 is 1.36. The summed E-state index contributed by atoms with van der Waals surface area (Å²) in [5.41, 5.74) is 8.35. The molecule has 1 aliphatic heterocycles. The minimum Gasteiger partial charge on any atom is -0.463 e. The first-order valence-corrected chi connectivity index (χ1v) is 9.02. The van der Waals surface area contributed by atoms with Crippen LogP contribution in [0.15, 0.2) is 40.3 Å². The summed E-state index contributed by atoms with van der Waals surface area (Å²) in [6.07, 6.45) is -1.24. The molecule has 0 N–H and O–H groups in total. The quantitative estimate of drug-likeness (QED) is 0.324. The van der Waals surface area contributed by atoms with Crippen molar-refractivity contribution in [3.8, 4) is 0 Å². The number of carbonyl (C=O) groups is 2. The van der Waals surface area contributed by atoms with Crippen molar-refractivity contribution in [2.45, 2.75) is 49.4 Å². The fourth-order valence-electron chi connectivity index (χ4n) is 2.72. The molecule has 2 rings (SSSR count). The van der Waals surface area contributed by atoms with Gasteiger partial charge in [0, 0.05) is 23.7 Å². The van der Waals surface area contributed by atoms with E-state index in [9.17, 15) is 9.59 Å². The van der Waals surface area contributed by atoms with Gasteiger partial charge in [-0.1, -0.05) is 42.0 Å². The Morgan fingerprint density at radius 2 is 1.96 bits per heavy atom. The van der Waals surface area contributed by atoms with Crippen LogP contribution in [0, 0.1) is 5.92 Å². The van der Waals surface area contributed by atoms with Gasteiger partial charge in [0.05, 0.1) is 12.1 Å². The number of carbonyl (C=O) groups excluding carboxylic acids is 2. The zero-order valence-electron chi connectivity index (χ0n) is 14.8. The van der Waals surface area contributed by atoms with Crippen molar-refractivity contribution < 1.29 is 23.8 Å². The van der Waals surface area contributed by atoms with Crippen LogP contribution in [0.25, 0.3) is 10.4 Å². The molecule has 1 heterocycles. The van der Waals surface area contributed by atoms with Crippen LogP contribution < -0.4 is 0 Å². The molecule has 1 aromatic rings. The Balaban J connectivity index is 2.29. The van der Waals surface area contributed by atoms with E-state index < -0.39 is 35.6 Å². The zero-order valence-corrected chi connectivity index (χ0v) is 15.6. The third-order valence-electron chi connectivity index (χ3n) is 3.97. The van der Waals surface area contributed by atoms with Gasteiger partial charge < -0.3 is 14.2 Å². The van der Waals surface area contributed by atoms with Crippen LogP contribution in [0.5, 0.6) is 0 Å². The molecule has 0 bridgehead atoms. The largest absolute Gasteiger partial charge is 0.463 e. The molecule has 0 saturated carbocycles. The Kier molecular flexibility index (Phi) is 7.32. The van der Waals surface area contributed by atoms with Crippen LogP contribution in [0.1, 0.15) is 20.8 Å². The molecule has 0 radical (unpaired) electrons. The first-order valence-electron chi connectivity index (χ1n) is 8.14. The second-order valence-electron chi connectivity index (χ2n) is 5.91. The van der Waals surface area contributed by atoms with Gasteiger partial charge in [-0.3, -0.25) is 9.59 Å². The number of azide groups is 1. The molecule has 1 fully saturated rings. The van der Waals surface area contributed by atoms with Gasteiger partial charge in [-0.25, -0.2) is 0 Å². The minimum absolute atomic E-state index is 0.0343. The number of hydrogen-bond acceptors (Lipinski definition) is 7. The van der Waals surface area contributed by atoms with Crippen LogP contribution in [-0.2, 0) is 23.8 Å². The van der Waals surface area contributed by atoms with E-state index in [1.54, 1.807) is 0 Å². The number of hydrogen-bond donors (Lipinski definition) is 0. The van der Waals surface area contributed by atoms with Crippen molar-refractivity contribution in [1.82, 2.24) is 0 Å². The lowest BCUT2D eigenvalue weighted by atomic mass is 9.89. The van der Waals surface area contributed by atoms with Gasteiger partial charge in [0.25, 0.3) is 0 Å². The molecule has 8 nitrogen and oxygen atoms in total. The Bertz CT molecular complexity index is 680. The van der Waals surface area contributed by atoms with Crippen LogP contribution in [0.2, 0.25) is 0 Å². The molecule has 140 valence electrons. The van der Waals surface area contributed by atoms with E-state index in [-0.39, 0.29) is 12.5 Å². The SMILES string of the molecule is CC(=O)OCC1O[C@@H](Sc2ccccc2)C(OC(C)=O)[C@@H](N=[N+]=[N-])[C@H]1C. The number of ether oxygens (including phenoxy) is 3. The summed E-state index contributed by atoms with van der Waals surface area (Å²) < 4.78 is 16.6. The molecule has 26 heavy (non-hydrogen) atoms. The van der Waals surface area contributed by atoms with Gasteiger partial charge in [0.1, 0.15) is 18.1 Å². The molecule has 1 aromatic carbocycles. The maximum absolute atomic E-state index is 11.6. The van der Waals surface area contributed by atoms with Gasteiger partial charge in [0.15, 0.2) is 0 Å². The first-order chi connectivity index (χ1) is 12.4. The molecule has 5 atom stereocenters. The van der Waals surface area contributed by atoms with E-state index in [4.69, 9.17) is 19.7 Å². The van der Waals surface area contributed by atoms with Crippen molar-refractivity contribution >= 4 is 23.7 Å². The van der Waals surface area contributed by atoms with Gasteiger partial charge in [-0.15, -0.1) is 0 Å². The topological polar surface area (TPSA) is 111 Å². The normalized spacial score (nSPS) is 27.9. The summed E-state index contributed by atoms with van der Waals surface area (Å²) in [7, 11) is 0. The van der Waals surface area contributed by atoms with Crippen LogP contribution >= 0.6 is 11.8 Å². The van der Waals surface area contributed by atoms with Gasteiger partial charge in [-0.05, 0) is 23.6 Å². The van der Waals surface area contributed by atoms with Crippen molar-refractivity contribution in [2.75, 3.05) is 6.61 Å². The highest BCUT2D eigenvalue weighted by Gasteiger charge is 2.46. The van der Waals surface area contributed by atoms with E-state index in [1.165, 1.54) is 25.6 Å². The van der Waals surface area contributed by atoms with E-state index in [2.05, 4.69) is 10.0 Å². The summed E-state index contributed by atoms with van der Waals surface area (Å²) in [6, 6.07) is 8.83. The maximum Gasteiger partial charge on any atom is 0.303 e. The molecule has 0 amide bonds. The van der Waals surface area contributed by atoms with Crippen LogP contribution in [-0.4, -0.2) is 42.2 Å². The van der Waals surface area contributed by atoms with Gasteiger partial charge in [-0.2, -0.15) is 0 Å². The number of esters is 2. The molecule has 0 spiro atoms. The maximum atomic E-state index is 11.6. The lowest BCUT2D eigenvalue weighted by molar-refractivity contribution is -0.176. The Hall–Kier alpha value is -2.22. The predicted octanol–water partition coefficient (Wildman–Crippen LogP) is 3.31. The molecule has 0 aromatic heterocycles. The Morgan fingerprint density at radius 3 is 2.54 bits per heavy atom. The standard InChI is InChI=1S/C17H21N3O5S/c1-10-14(9-23-11(2)21)25-17(26-13-7-5-4-6-8-13)16(24-12(3)22)15(10)19-20-18/h4-8,10,14-17H,9H2,1-3H3/t10-,14?,15-,16?,17-/m0/s1.